The maximum Gasteiger partial charge on any atom is 0.0701 e. The first-order valence-electron chi connectivity index (χ1n) is 6.21. The van der Waals surface area contributed by atoms with Crippen molar-refractivity contribution in [2.45, 2.75) is 31.7 Å². The van der Waals surface area contributed by atoms with Gasteiger partial charge in [0, 0.05) is 7.11 Å². The van der Waals surface area contributed by atoms with Crippen molar-refractivity contribution in [3.63, 3.8) is 0 Å². The average Bonchev–Trinajstić information content (AvgIpc) is 3.13. The summed E-state index contributed by atoms with van der Waals surface area (Å²) in [7, 11) is 1.67. The van der Waals surface area contributed by atoms with Gasteiger partial charge in [-0.15, -0.1) is 0 Å². The van der Waals surface area contributed by atoms with E-state index in [4.69, 9.17) is 9.47 Å². The van der Waals surface area contributed by atoms with Crippen LogP contribution in [-0.2, 0) is 9.47 Å². The van der Waals surface area contributed by atoms with Crippen molar-refractivity contribution in [2.75, 3.05) is 40.1 Å². The first kappa shape index (κ1) is 13.9. The summed E-state index contributed by atoms with van der Waals surface area (Å²) in [6, 6.07) is 0. The van der Waals surface area contributed by atoms with E-state index in [0.717, 1.165) is 13.0 Å². The number of methoxy groups -OCH3 is 1. The van der Waals surface area contributed by atoms with Gasteiger partial charge >= 0.3 is 0 Å². The van der Waals surface area contributed by atoms with Crippen LogP contribution in [0.3, 0.4) is 0 Å². The van der Waals surface area contributed by atoms with E-state index in [1.165, 1.54) is 12.8 Å². The van der Waals surface area contributed by atoms with Crippen LogP contribution < -0.4 is 5.32 Å². The highest BCUT2D eigenvalue weighted by Crippen LogP contribution is 2.39. The zero-order valence-corrected chi connectivity index (χ0v) is 10.5. The first-order chi connectivity index (χ1) is 7.79. The molecule has 0 radical (unpaired) electrons. The molecule has 0 amide bonds. The van der Waals surface area contributed by atoms with Crippen molar-refractivity contribution in [1.82, 2.24) is 5.32 Å². The molecule has 0 aliphatic heterocycles. The van der Waals surface area contributed by atoms with E-state index in [2.05, 4.69) is 12.2 Å². The summed E-state index contributed by atoms with van der Waals surface area (Å²) in [6.45, 7) is 5.01. The lowest BCUT2D eigenvalue weighted by Crippen LogP contribution is -2.54. The lowest BCUT2D eigenvalue weighted by Gasteiger charge is -2.33. The SMILES string of the molecule is CCCNC(CO)(COCCOC)C1CC1. The highest BCUT2D eigenvalue weighted by atomic mass is 16.5. The summed E-state index contributed by atoms with van der Waals surface area (Å²) in [6.07, 6.45) is 3.47. The van der Waals surface area contributed by atoms with Gasteiger partial charge in [0.15, 0.2) is 0 Å². The van der Waals surface area contributed by atoms with Crippen LogP contribution in [0, 0.1) is 5.92 Å². The summed E-state index contributed by atoms with van der Waals surface area (Å²) < 4.78 is 10.5. The maximum absolute atomic E-state index is 9.60. The molecule has 4 heteroatoms. The minimum Gasteiger partial charge on any atom is -0.394 e. The third kappa shape index (κ3) is 4.01. The van der Waals surface area contributed by atoms with Gasteiger partial charge < -0.3 is 19.9 Å². The topological polar surface area (TPSA) is 50.7 Å². The number of nitrogens with one attached hydrogen (secondary N) is 1. The Hall–Kier alpha value is -0.160. The van der Waals surface area contributed by atoms with Gasteiger partial charge in [0.05, 0.1) is 32.0 Å². The number of hydrogen-bond donors (Lipinski definition) is 2. The van der Waals surface area contributed by atoms with Crippen molar-refractivity contribution in [3.8, 4) is 0 Å². The fraction of sp³-hybridized carbons (Fsp3) is 1.00. The molecule has 16 heavy (non-hydrogen) atoms. The molecule has 0 aromatic heterocycles. The average molecular weight is 231 g/mol. The lowest BCUT2D eigenvalue weighted by molar-refractivity contribution is 0.00380. The molecule has 1 atom stereocenters. The minimum atomic E-state index is -0.219. The second-order valence-corrected chi connectivity index (χ2v) is 4.56. The lowest BCUT2D eigenvalue weighted by atomic mass is 9.95. The van der Waals surface area contributed by atoms with Crippen LogP contribution in [-0.4, -0.2) is 50.7 Å². The molecule has 1 rings (SSSR count). The van der Waals surface area contributed by atoms with Crippen molar-refractivity contribution in [1.29, 1.82) is 0 Å². The van der Waals surface area contributed by atoms with Crippen LogP contribution in [0.2, 0.25) is 0 Å². The van der Waals surface area contributed by atoms with Gasteiger partial charge in [-0.3, -0.25) is 0 Å². The molecular weight excluding hydrogens is 206 g/mol. The van der Waals surface area contributed by atoms with E-state index in [1.54, 1.807) is 7.11 Å². The number of rotatable bonds is 10. The summed E-state index contributed by atoms with van der Waals surface area (Å²) in [4.78, 5) is 0. The smallest absolute Gasteiger partial charge is 0.0701 e. The van der Waals surface area contributed by atoms with Crippen LogP contribution in [0.1, 0.15) is 26.2 Å². The molecule has 1 aliphatic carbocycles. The molecule has 0 saturated heterocycles. The highest BCUT2D eigenvalue weighted by molar-refractivity contribution is 5.00. The maximum atomic E-state index is 9.60. The van der Waals surface area contributed by atoms with Gasteiger partial charge in [-0.1, -0.05) is 6.92 Å². The molecule has 1 fully saturated rings. The van der Waals surface area contributed by atoms with E-state index in [9.17, 15) is 5.11 Å². The van der Waals surface area contributed by atoms with Crippen molar-refractivity contribution >= 4 is 0 Å². The largest absolute Gasteiger partial charge is 0.394 e. The number of aliphatic hydroxyl groups excluding tert-OH is 1. The molecule has 96 valence electrons. The predicted molar refractivity (Wildman–Crippen MR) is 63.5 cm³/mol. The second kappa shape index (κ2) is 7.22. The quantitative estimate of drug-likeness (QED) is 0.546. The van der Waals surface area contributed by atoms with Crippen molar-refractivity contribution < 1.29 is 14.6 Å². The van der Waals surface area contributed by atoms with Gasteiger partial charge in [0.2, 0.25) is 0 Å². The van der Waals surface area contributed by atoms with Gasteiger partial charge in [-0.2, -0.15) is 0 Å². The number of hydrogen-bond acceptors (Lipinski definition) is 4. The van der Waals surface area contributed by atoms with Crippen molar-refractivity contribution in [2.24, 2.45) is 5.92 Å². The van der Waals surface area contributed by atoms with Crippen LogP contribution in [0.25, 0.3) is 0 Å². The Labute approximate surface area is 98.3 Å². The third-order valence-electron chi connectivity index (χ3n) is 3.16. The number of aliphatic hydroxyl groups is 1. The third-order valence-corrected chi connectivity index (χ3v) is 3.16. The molecular formula is C12H25NO3. The summed E-state index contributed by atoms with van der Waals surface area (Å²) in [5.41, 5.74) is -0.219. The molecule has 0 aromatic carbocycles. The summed E-state index contributed by atoms with van der Waals surface area (Å²) >= 11 is 0. The molecule has 2 N–H and O–H groups in total. The summed E-state index contributed by atoms with van der Waals surface area (Å²) in [5, 5.41) is 13.1. The first-order valence-corrected chi connectivity index (χ1v) is 6.21. The van der Waals surface area contributed by atoms with E-state index in [-0.39, 0.29) is 12.1 Å². The van der Waals surface area contributed by atoms with Crippen LogP contribution >= 0.6 is 0 Å². The Bertz CT molecular complexity index is 185. The van der Waals surface area contributed by atoms with Crippen LogP contribution in [0.5, 0.6) is 0 Å². The highest BCUT2D eigenvalue weighted by Gasteiger charge is 2.44. The molecule has 1 saturated carbocycles. The Kier molecular flexibility index (Phi) is 6.28. The predicted octanol–water partition coefficient (Wildman–Crippen LogP) is 0.790. The standard InChI is InChI=1S/C12H25NO3/c1-3-6-13-12(9-14,11-4-5-11)10-16-8-7-15-2/h11,13-14H,3-10H2,1-2H3. The zero-order valence-electron chi connectivity index (χ0n) is 10.5. The van der Waals surface area contributed by atoms with Crippen molar-refractivity contribution in [3.05, 3.63) is 0 Å². The Balaban J connectivity index is 2.35. The van der Waals surface area contributed by atoms with Gasteiger partial charge in [-0.05, 0) is 31.7 Å². The Morgan fingerprint density at radius 1 is 1.38 bits per heavy atom. The second-order valence-electron chi connectivity index (χ2n) is 4.56. The fourth-order valence-corrected chi connectivity index (χ4v) is 1.95. The molecule has 0 spiro atoms. The molecule has 0 aromatic rings. The Morgan fingerprint density at radius 3 is 2.62 bits per heavy atom. The molecule has 1 aliphatic rings. The molecule has 0 heterocycles. The van der Waals surface area contributed by atoms with Crippen LogP contribution in [0.15, 0.2) is 0 Å². The zero-order chi connectivity index (χ0) is 11.9. The molecule has 1 unspecified atom stereocenters. The fourth-order valence-electron chi connectivity index (χ4n) is 1.95. The minimum absolute atomic E-state index is 0.157. The Morgan fingerprint density at radius 2 is 2.12 bits per heavy atom. The van der Waals surface area contributed by atoms with Crippen LogP contribution in [0.4, 0.5) is 0 Å². The van der Waals surface area contributed by atoms with E-state index < -0.39 is 0 Å². The monoisotopic (exact) mass is 231 g/mol. The van der Waals surface area contributed by atoms with Gasteiger partial charge in [0.1, 0.15) is 0 Å². The van der Waals surface area contributed by atoms with Gasteiger partial charge in [-0.25, -0.2) is 0 Å². The number of ether oxygens (including phenoxy) is 2. The summed E-state index contributed by atoms with van der Waals surface area (Å²) in [5.74, 6) is 0.576. The van der Waals surface area contributed by atoms with Gasteiger partial charge in [0.25, 0.3) is 0 Å². The van der Waals surface area contributed by atoms with E-state index in [0.29, 0.717) is 25.7 Å². The normalized spacial score (nSPS) is 19.7. The molecule has 0 bridgehead atoms. The van der Waals surface area contributed by atoms with E-state index in [1.807, 2.05) is 0 Å². The molecule has 4 nitrogen and oxygen atoms in total. The van der Waals surface area contributed by atoms with E-state index >= 15 is 0 Å².